The molecule has 36 heavy (non-hydrogen) atoms. The number of rotatable bonds is 9. The van der Waals surface area contributed by atoms with Crippen LogP contribution < -0.4 is 9.47 Å². The van der Waals surface area contributed by atoms with Gasteiger partial charge in [0, 0.05) is 28.0 Å². The highest BCUT2D eigenvalue weighted by Crippen LogP contribution is 2.35. The van der Waals surface area contributed by atoms with Gasteiger partial charge in [-0.1, -0.05) is 36.7 Å². The molecule has 0 saturated carbocycles. The van der Waals surface area contributed by atoms with Crippen molar-refractivity contribution in [3.8, 4) is 11.5 Å². The molecular weight excluding hydrogens is 496 g/mol. The summed E-state index contributed by atoms with van der Waals surface area (Å²) < 4.78 is 11.6. The highest BCUT2D eigenvalue weighted by Gasteiger charge is 2.34. The van der Waals surface area contributed by atoms with Crippen molar-refractivity contribution >= 4 is 34.8 Å². The Morgan fingerprint density at radius 2 is 1.94 bits per heavy atom. The molecule has 2 aromatic carbocycles. The van der Waals surface area contributed by atoms with Gasteiger partial charge in [0.15, 0.2) is 11.5 Å². The third-order valence-electron chi connectivity index (χ3n) is 6.64. The Morgan fingerprint density at radius 1 is 1.17 bits per heavy atom. The Hall–Kier alpha value is -3.03. The first-order valence-electron chi connectivity index (χ1n) is 12.1. The number of halogens is 1. The van der Waals surface area contributed by atoms with Gasteiger partial charge in [0.1, 0.15) is 13.2 Å². The second-order valence-corrected chi connectivity index (χ2v) is 10.3. The number of benzene rings is 2. The van der Waals surface area contributed by atoms with Crippen molar-refractivity contribution in [1.29, 1.82) is 0 Å². The molecule has 2 heterocycles. The Kier molecular flexibility index (Phi) is 8.54. The molecule has 2 amide bonds. The third kappa shape index (κ3) is 5.68. The van der Waals surface area contributed by atoms with Gasteiger partial charge < -0.3 is 19.3 Å². The van der Waals surface area contributed by atoms with E-state index in [1.165, 1.54) is 4.88 Å². The van der Waals surface area contributed by atoms with Crippen molar-refractivity contribution < 1.29 is 19.1 Å². The Bertz CT molecular complexity index is 1210. The molecule has 6 nitrogen and oxygen atoms in total. The summed E-state index contributed by atoms with van der Waals surface area (Å²) in [7, 11) is 1.61. The fourth-order valence-electron chi connectivity index (χ4n) is 4.45. The zero-order valence-corrected chi connectivity index (χ0v) is 22.3. The van der Waals surface area contributed by atoms with Gasteiger partial charge in [0.2, 0.25) is 5.91 Å². The van der Waals surface area contributed by atoms with E-state index in [-0.39, 0.29) is 30.4 Å². The van der Waals surface area contributed by atoms with Gasteiger partial charge in [0.25, 0.3) is 5.91 Å². The average molecular weight is 527 g/mol. The van der Waals surface area contributed by atoms with Crippen molar-refractivity contribution in [2.24, 2.45) is 0 Å². The standard InChI is InChI=1S/C28H31ClN2O4S/c1-4-19(2)31(28(33)20-8-7-9-21(29)16-20)17-27(32)30-14-12-26-22(13-15-36-26)23(30)18-35-25-11-6-5-10-24(25)34-3/h5-11,13,15-16,19,23H,4,12,14,17-18H2,1-3H3/t19-,23-/m1/s1. The quantitative estimate of drug-likeness (QED) is 0.350. The zero-order valence-electron chi connectivity index (χ0n) is 20.8. The van der Waals surface area contributed by atoms with Crippen molar-refractivity contribution in [3.63, 3.8) is 0 Å². The molecule has 0 aliphatic carbocycles. The van der Waals surface area contributed by atoms with Crippen LogP contribution in [0.5, 0.6) is 11.5 Å². The second-order valence-electron chi connectivity index (χ2n) is 8.81. The minimum Gasteiger partial charge on any atom is -0.493 e. The van der Waals surface area contributed by atoms with Crippen LogP contribution in [0.4, 0.5) is 0 Å². The van der Waals surface area contributed by atoms with Crippen molar-refractivity contribution in [2.75, 3.05) is 26.8 Å². The Labute approximate surface area is 221 Å². The predicted molar refractivity (Wildman–Crippen MR) is 143 cm³/mol. The van der Waals surface area contributed by atoms with Crippen molar-refractivity contribution in [2.45, 2.75) is 38.8 Å². The van der Waals surface area contributed by atoms with Crippen molar-refractivity contribution in [1.82, 2.24) is 9.80 Å². The number of ether oxygens (including phenoxy) is 2. The molecule has 8 heteroatoms. The summed E-state index contributed by atoms with van der Waals surface area (Å²) in [5.74, 6) is 0.977. The first-order valence-corrected chi connectivity index (χ1v) is 13.4. The maximum absolute atomic E-state index is 13.7. The number of amides is 2. The number of hydrogen-bond donors (Lipinski definition) is 0. The predicted octanol–water partition coefficient (Wildman–Crippen LogP) is 5.86. The molecule has 0 spiro atoms. The van der Waals surface area contributed by atoms with Crippen LogP contribution in [0.25, 0.3) is 0 Å². The monoisotopic (exact) mass is 526 g/mol. The normalized spacial score (nSPS) is 15.7. The van der Waals surface area contributed by atoms with Gasteiger partial charge >= 0.3 is 0 Å². The summed E-state index contributed by atoms with van der Waals surface area (Å²) >= 11 is 7.83. The molecule has 0 radical (unpaired) electrons. The molecule has 2 atom stereocenters. The summed E-state index contributed by atoms with van der Waals surface area (Å²) in [5, 5.41) is 2.55. The number of fused-ring (bicyclic) bond motifs is 1. The van der Waals surface area contributed by atoms with E-state index in [0.717, 1.165) is 18.4 Å². The van der Waals surface area contributed by atoms with E-state index < -0.39 is 0 Å². The first-order chi connectivity index (χ1) is 17.4. The second kappa shape index (κ2) is 11.8. The summed E-state index contributed by atoms with van der Waals surface area (Å²) in [6, 6.07) is 16.1. The summed E-state index contributed by atoms with van der Waals surface area (Å²) in [6.45, 7) is 4.83. The topological polar surface area (TPSA) is 59.1 Å². The lowest BCUT2D eigenvalue weighted by molar-refractivity contribution is -0.136. The highest BCUT2D eigenvalue weighted by molar-refractivity contribution is 7.10. The molecule has 0 unspecified atom stereocenters. The van der Waals surface area contributed by atoms with Crippen LogP contribution in [0.1, 0.15) is 47.1 Å². The molecule has 0 bridgehead atoms. The lowest BCUT2D eigenvalue weighted by atomic mass is 10.00. The number of methoxy groups -OCH3 is 1. The number of nitrogens with zero attached hydrogens (tertiary/aromatic N) is 2. The molecule has 1 aliphatic heterocycles. The number of carbonyl (C=O) groups excluding carboxylic acids is 2. The van der Waals surface area contributed by atoms with Gasteiger partial charge in [-0.15, -0.1) is 11.3 Å². The van der Waals surface area contributed by atoms with Gasteiger partial charge in [-0.25, -0.2) is 0 Å². The number of para-hydroxylation sites is 2. The molecule has 1 aromatic heterocycles. The number of carbonyl (C=O) groups is 2. The molecular formula is C28H31ClN2O4S. The van der Waals surface area contributed by atoms with Crippen LogP contribution in [0.15, 0.2) is 60.0 Å². The number of hydrogen-bond acceptors (Lipinski definition) is 5. The van der Waals surface area contributed by atoms with Crippen LogP contribution in [0.3, 0.4) is 0 Å². The molecule has 0 N–H and O–H groups in total. The van der Waals surface area contributed by atoms with Crippen LogP contribution in [0, 0.1) is 0 Å². The molecule has 190 valence electrons. The summed E-state index contributed by atoms with van der Waals surface area (Å²) in [4.78, 5) is 31.9. The number of thiophene rings is 1. The van der Waals surface area contributed by atoms with E-state index in [9.17, 15) is 9.59 Å². The summed E-state index contributed by atoms with van der Waals surface area (Å²) in [5.41, 5.74) is 1.58. The van der Waals surface area contributed by atoms with E-state index in [4.69, 9.17) is 21.1 Å². The van der Waals surface area contributed by atoms with E-state index in [0.29, 0.717) is 35.2 Å². The van der Waals surface area contributed by atoms with Crippen molar-refractivity contribution in [3.05, 3.63) is 81.0 Å². The largest absolute Gasteiger partial charge is 0.493 e. The molecule has 3 aromatic rings. The van der Waals surface area contributed by atoms with Gasteiger partial charge in [-0.05, 0) is 67.1 Å². The molecule has 0 saturated heterocycles. The SMILES string of the molecule is CC[C@@H](C)N(CC(=O)N1CCc2sccc2[C@H]1COc1ccccc1OC)C(=O)c1cccc(Cl)c1. The highest BCUT2D eigenvalue weighted by atomic mass is 35.5. The van der Waals surface area contributed by atoms with E-state index in [1.807, 2.05) is 43.0 Å². The Morgan fingerprint density at radius 3 is 2.67 bits per heavy atom. The van der Waals surface area contributed by atoms with E-state index in [1.54, 1.807) is 47.6 Å². The van der Waals surface area contributed by atoms with Gasteiger partial charge in [-0.2, -0.15) is 0 Å². The molecule has 1 aliphatic rings. The van der Waals surface area contributed by atoms with Crippen LogP contribution in [0.2, 0.25) is 5.02 Å². The first kappa shape index (κ1) is 26.0. The van der Waals surface area contributed by atoms with Crippen LogP contribution in [-0.2, 0) is 11.2 Å². The van der Waals surface area contributed by atoms with Crippen LogP contribution >= 0.6 is 22.9 Å². The minimum atomic E-state index is -0.252. The fraction of sp³-hybridized carbons (Fsp3) is 0.357. The maximum Gasteiger partial charge on any atom is 0.254 e. The molecule has 0 fully saturated rings. The minimum absolute atomic E-state index is 0.00895. The van der Waals surface area contributed by atoms with E-state index in [2.05, 4.69) is 11.4 Å². The zero-order chi connectivity index (χ0) is 25.7. The van der Waals surface area contributed by atoms with Crippen LogP contribution in [-0.4, -0.2) is 54.5 Å². The fourth-order valence-corrected chi connectivity index (χ4v) is 5.57. The maximum atomic E-state index is 13.7. The Balaban J connectivity index is 1.56. The van der Waals surface area contributed by atoms with Gasteiger partial charge in [0.05, 0.1) is 13.2 Å². The molecule has 4 rings (SSSR count). The lowest BCUT2D eigenvalue weighted by Gasteiger charge is -2.38. The summed E-state index contributed by atoms with van der Waals surface area (Å²) in [6.07, 6.45) is 1.52. The van der Waals surface area contributed by atoms with E-state index >= 15 is 0 Å². The van der Waals surface area contributed by atoms with Gasteiger partial charge in [-0.3, -0.25) is 9.59 Å². The smallest absolute Gasteiger partial charge is 0.254 e. The average Bonchev–Trinajstić information content (AvgIpc) is 3.38. The third-order valence-corrected chi connectivity index (χ3v) is 7.87. The lowest BCUT2D eigenvalue weighted by Crippen LogP contribution is -2.49.